The highest BCUT2D eigenvalue weighted by atomic mass is 32.2. The molecule has 0 unspecified atom stereocenters. The van der Waals surface area contributed by atoms with Gasteiger partial charge in [0.2, 0.25) is 0 Å². The Morgan fingerprint density at radius 2 is 1.38 bits per heavy atom. The quantitative estimate of drug-likeness (QED) is 0.287. The van der Waals surface area contributed by atoms with Crippen LogP contribution in [0.3, 0.4) is 0 Å². The van der Waals surface area contributed by atoms with E-state index < -0.39 is 0 Å². The number of benzene rings is 4. The summed E-state index contributed by atoms with van der Waals surface area (Å²) in [6.45, 7) is 4.55. The molecule has 4 aromatic carbocycles. The van der Waals surface area contributed by atoms with E-state index >= 15 is 0 Å². The average molecular weight is 454 g/mol. The molecule has 0 saturated carbocycles. The Labute approximate surface area is 205 Å². The third-order valence-corrected chi connectivity index (χ3v) is 8.15. The van der Waals surface area contributed by atoms with Crippen LogP contribution in [-0.2, 0) is 0 Å². The van der Waals surface area contributed by atoms with E-state index in [-0.39, 0.29) is 6.71 Å². The monoisotopic (exact) mass is 454 g/mol. The van der Waals surface area contributed by atoms with Gasteiger partial charge in [-0.3, -0.25) is 0 Å². The highest BCUT2D eigenvalue weighted by Gasteiger charge is 2.44. The molecule has 4 heteroatoms. The molecule has 3 aliphatic heterocycles. The third kappa shape index (κ3) is 2.60. The summed E-state index contributed by atoms with van der Waals surface area (Å²) < 4.78 is 0. The standard InChI is InChI=1S/C30H23BN2S/c1-3-11-24-20(2)34-28-19-9-15-23-30(28)33(24)27-18-10-17-26-29(27)31(23)22-14-7-8-16-25(22)32(26)21-12-5-4-6-13-21/h3-19H,1-2H3/b11-3-. The van der Waals surface area contributed by atoms with Crippen LogP contribution in [0.25, 0.3) is 0 Å². The van der Waals surface area contributed by atoms with Crippen molar-refractivity contribution >= 4 is 63.3 Å². The number of fused-ring (bicyclic) bond motifs is 4. The number of anilines is 5. The van der Waals surface area contributed by atoms with Gasteiger partial charge in [0.1, 0.15) is 0 Å². The van der Waals surface area contributed by atoms with Crippen LogP contribution in [0.1, 0.15) is 13.8 Å². The number of hydrogen-bond donors (Lipinski definition) is 0. The molecule has 34 heavy (non-hydrogen) atoms. The van der Waals surface area contributed by atoms with Crippen LogP contribution >= 0.6 is 11.8 Å². The van der Waals surface area contributed by atoms with Crippen molar-refractivity contribution in [3.05, 3.63) is 114 Å². The highest BCUT2D eigenvalue weighted by molar-refractivity contribution is 8.03. The number of thioether (sulfide) groups is 1. The van der Waals surface area contributed by atoms with Crippen molar-refractivity contribution in [3.63, 3.8) is 0 Å². The minimum absolute atomic E-state index is 0.208. The molecule has 0 bridgehead atoms. The lowest BCUT2D eigenvalue weighted by atomic mass is 9.33. The Hall–Kier alpha value is -3.63. The summed E-state index contributed by atoms with van der Waals surface area (Å²) in [7, 11) is 0. The van der Waals surface area contributed by atoms with Crippen molar-refractivity contribution in [1.29, 1.82) is 0 Å². The van der Waals surface area contributed by atoms with Crippen LogP contribution in [0.15, 0.2) is 119 Å². The molecule has 4 aromatic rings. The first kappa shape index (κ1) is 19.8. The zero-order chi connectivity index (χ0) is 22.8. The maximum Gasteiger partial charge on any atom is 0.252 e. The van der Waals surface area contributed by atoms with Crippen LogP contribution in [0.5, 0.6) is 0 Å². The van der Waals surface area contributed by atoms with Crippen molar-refractivity contribution < 1.29 is 0 Å². The van der Waals surface area contributed by atoms with Crippen LogP contribution in [0, 0.1) is 0 Å². The van der Waals surface area contributed by atoms with Crippen molar-refractivity contribution in [2.24, 2.45) is 0 Å². The molecule has 2 nitrogen and oxygen atoms in total. The van der Waals surface area contributed by atoms with E-state index in [2.05, 4.69) is 127 Å². The smallest absolute Gasteiger partial charge is 0.252 e. The first-order valence-electron chi connectivity index (χ1n) is 11.8. The minimum Gasteiger partial charge on any atom is -0.311 e. The summed E-state index contributed by atoms with van der Waals surface area (Å²) in [6.07, 6.45) is 4.41. The number of nitrogens with zero attached hydrogens (tertiary/aromatic N) is 2. The second-order valence-electron chi connectivity index (χ2n) is 8.95. The molecule has 0 spiro atoms. The fourth-order valence-electron chi connectivity index (χ4n) is 5.81. The molecule has 0 radical (unpaired) electrons. The first-order chi connectivity index (χ1) is 16.8. The summed E-state index contributed by atoms with van der Waals surface area (Å²) >= 11 is 1.89. The van der Waals surface area contributed by atoms with E-state index in [0.717, 1.165) is 0 Å². The molecule has 0 saturated heterocycles. The minimum atomic E-state index is 0.208. The SMILES string of the molecule is C/C=C\C1=C(C)Sc2cccc3c2N1c1cccc2c1B3c1ccccc1N2c1ccccc1. The lowest BCUT2D eigenvalue weighted by molar-refractivity contribution is 1.14. The normalized spacial score (nSPS) is 15.4. The van der Waals surface area contributed by atoms with Crippen molar-refractivity contribution in [2.75, 3.05) is 9.80 Å². The topological polar surface area (TPSA) is 6.48 Å². The molecule has 0 N–H and O–H groups in total. The van der Waals surface area contributed by atoms with E-state index in [0.29, 0.717) is 0 Å². The van der Waals surface area contributed by atoms with Gasteiger partial charge in [0, 0.05) is 32.6 Å². The van der Waals surface area contributed by atoms with E-state index in [1.807, 2.05) is 11.8 Å². The van der Waals surface area contributed by atoms with Gasteiger partial charge in [0.25, 0.3) is 6.71 Å². The molecule has 0 fully saturated rings. The van der Waals surface area contributed by atoms with Gasteiger partial charge in [-0.05, 0) is 72.7 Å². The Bertz CT molecular complexity index is 1520. The van der Waals surface area contributed by atoms with Gasteiger partial charge >= 0.3 is 0 Å². The molecular formula is C30H23BN2S. The maximum absolute atomic E-state index is 2.50. The number of rotatable bonds is 2. The Balaban J connectivity index is 1.60. The van der Waals surface area contributed by atoms with Crippen LogP contribution < -0.4 is 26.2 Å². The summed E-state index contributed by atoms with van der Waals surface area (Å²) in [6, 6.07) is 33.3. The largest absolute Gasteiger partial charge is 0.311 e. The first-order valence-corrected chi connectivity index (χ1v) is 12.6. The predicted octanol–water partition coefficient (Wildman–Crippen LogP) is 6.35. The number of hydrogen-bond acceptors (Lipinski definition) is 3. The van der Waals surface area contributed by atoms with Gasteiger partial charge < -0.3 is 9.80 Å². The second kappa shape index (κ2) is 7.44. The van der Waals surface area contributed by atoms with Gasteiger partial charge in [-0.25, -0.2) is 0 Å². The zero-order valence-electron chi connectivity index (χ0n) is 19.2. The molecule has 0 aliphatic carbocycles. The lowest BCUT2D eigenvalue weighted by Crippen LogP contribution is -2.62. The maximum atomic E-state index is 2.50. The third-order valence-electron chi connectivity index (χ3n) is 7.09. The summed E-state index contributed by atoms with van der Waals surface area (Å²) in [5.41, 5.74) is 11.7. The molecule has 7 rings (SSSR count). The fourth-order valence-corrected chi connectivity index (χ4v) is 6.86. The van der Waals surface area contributed by atoms with Gasteiger partial charge in [0.15, 0.2) is 0 Å². The van der Waals surface area contributed by atoms with Crippen LogP contribution in [0.2, 0.25) is 0 Å². The summed E-state index contributed by atoms with van der Waals surface area (Å²) in [4.78, 5) is 7.60. The molecule has 3 heterocycles. The number of allylic oxidation sites excluding steroid dienone is 3. The zero-order valence-corrected chi connectivity index (χ0v) is 20.0. The average Bonchev–Trinajstić information content (AvgIpc) is 2.88. The Morgan fingerprint density at radius 3 is 2.21 bits per heavy atom. The van der Waals surface area contributed by atoms with Crippen molar-refractivity contribution in [1.82, 2.24) is 0 Å². The van der Waals surface area contributed by atoms with Gasteiger partial charge in [-0.1, -0.05) is 72.4 Å². The molecule has 0 amide bonds. The van der Waals surface area contributed by atoms with E-state index in [1.54, 1.807) is 0 Å². The van der Waals surface area contributed by atoms with Crippen LogP contribution in [-0.4, -0.2) is 6.71 Å². The second-order valence-corrected chi connectivity index (χ2v) is 10.2. The highest BCUT2D eigenvalue weighted by Crippen LogP contribution is 2.49. The summed E-state index contributed by atoms with van der Waals surface area (Å²) in [5.74, 6) is 0. The Morgan fingerprint density at radius 1 is 0.706 bits per heavy atom. The van der Waals surface area contributed by atoms with Crippen molar-refractivity contribution in [2.45, 2.75) is 18.7 Å². The van der Waals surface area contributed by atoms with E-state index in [1.165, 1.54) is 60.3 Å². The van der Waals surface area contributed by atoms with Crippen molar-refractivity contribution in [3.8, 4) is 0 Å². The molecule has 0 aromatic heterocycles. The van der Waals surface area contributed by atoms with Gasteiger partial charge in [-0.15, -0.1) is 0 Å². The van der Waals surface area contributed by atoms with Gasteiger partial charge in [0.05, 0.1) is 11.4 Å². The van der Waals surface area contributed by atoms with Gasteiger partial charge in [-0.2, -0.15) is 0 Å². The predicted molar refractivity (Wildman–Crippen MR) is 148 cm³/mol. The number of para-hydroxylation sites is 3. The van der Waals surface area contributed by atoms with E-state index in [9.17, 15) is 0 Å². The molecule has 0 atom stereocenters. The fraction of sp³-hybridized carbons (Fsp3) is 0.0667. The Kier molecular flexibility index (Phi) is 4.34. The van der Waals surface area contributed by atoms with Crippen LogP contribution in [0.4, 0.5) is 28.4 Å². The summed E-state index contributed by atoms with van der Waals surface area (Å²) in [5, 5.41) is 0. The van der Waals surface area contributed by atoms with E-state index in [4.69, 9.17) is 0 Å². The molecular weight excluding hydrogens is 431 g/mol. The molecule has 3 aliphatic rings. The molecule has 162 valence electrons. The lowest BCUT2D eigenvalue weighted by Gasteiger charge is -2.46.